The summed E-state index contributed by atoms with van der Waals surface area (Å²) < 4.78 is 51.0. The molecule has 0 saturated carbocycles. The zero-order valence-electron chi connectivity index (χ0n) is 19.9. The second-order valence-corrected chi connectivity index (χ2v) is 9.29. The number of aromatic nitrogens is 5. The van der Waals surface area contributed by atoms with Gasteiger partial charge in [-0.2, -0.15) is 0 Å². The molecule has 0 fully saturated rings. The van der Waals surface area contributed by atoms with Crippen molar-refractivity contribution in [3.8, 4) is 34.6 Å². The van der Waals surface area contributed by atoms with Gasteiger partial charge in [0.15, 0.2) is 5.82 Å². The molecule has 2 N–H and O–H groups in total. The van der Waals surface area contributed by atoms with E-state index in [9.17, 15) is 13.5 Å². The van der Waals surface area contributed by atoms with Gasteiger partial charge in [-0.05, 0) is 25.1 Å². The Morgan fingerprint density at radius 2 is 1.75 bits per heavy atom. The van der Waals surface area contributed by atoms with Gasteiger partial charge in [0.1, 0.15) is 46.2 Å². The highest BCUT2D eigenvalue weighted by Gasteiger charge is 2.28. The van der Waals surface area contributed by atoms with Gasteiger partial charge >= 0.3 is 0 Å². The van der Waals surface area contributed by atoms with Gasteiger partial charge in [0.05, 0.1) is 21.3 Å². The molecule has 1 atom stereocenters. The van der Waals surface area contributed by atoms with Crippen LogP contribution in [0.25, 0.3) is 17.2 Å². The van der Waals surface area contributed by atoms with E-state index in [1.807, 2.05) is 0 Å². The van der Waals surface area contributed by atoms with Gasteiger partial charge in [-0.3, -0.25) is 9.29 Å². The Balaban J connectivity index is 1.82. The Bertz CT molecular complexity index is 1450. The molecule has 0 saturated heterocycles. The SMILES string of the molecule is COc1cccc(-c2nnc(NS(=O)(=O)CC(O)c3cc(C)on3)n2-c2c(OC)cccc2OC)n1. The topological polar surface area (TPSA) is 164 Å². The van der Waals surface area contributed by atoms with Gasteiger partial charge in [-0.1, -0.05) is 17.3 Å². The average molecular weight is 517 g/mol. The monoisotopic (exact) mass is 516 g/mol. The van der Waals surface area contributed by atoms with E-state index in [0.717, 1.165) is 0 Å². The van der Waals surface area contributed by atoms with E-state index in [2.05, 4.69) is 25.1 Å². The fourth-order valence-corrected chi connectivity index (χ4v) is 4.53. The number of pyridine rings is 1. The lowest BCUT2D eigenvalue weighted by molar-refractivity contribution is 0.190. The summed E-state index contributed by atoms with van der Waals surface area (Å²) in [5.74, 6) is 0.772. The number of benzene rings is 1. The van der Waals surface area contributed by atoms with Crippen molar-refractivity contribution in [1.82, 2.24) is 24.9 Å². The largest absolute Gasteiger partial charge is 0.494 e. The summed E-state index contributed by atoms with van der Waals surface area (Å²) in [4.78, 5) is 4.40. The van der Waals surface area contributed by atoms with Crippen molar-refractivity contribution < 1.29 is 32.3 Å². The molecule has 0 amide bonds. The van der Waals surface area contributed by atoms with Crippen LogP contribution in [0.1, 0.15) is 17.6 Å². The van der Waals surface area contributed by atoms with Crippen LogP contribution in [0.4, 0.5) is 5.95 Å². The summed E-state index contributed by atoms with van der Waals surface area (Å²) >= 11 is 0. The number of hydrogen-bond acceptors (Lipinski definition) is 11. The van der Waals surface area contributed by atoms with Crippen molar-refractivity contribution in [3.05, 3.63) is 53.9 Å². The number of aliphatic hydroxyl groups is 1. The Labute approximate surface area is 206 Å². The van der Waals surface area contributed by atoms with E-state index in [-0.39, 0.29) is 17.5 Å². The maximum absolute atomic E-state index is 13.0. The molecule has 13 nitrogen and oxygen atoms in total. The molecule has 1 unspecified atom stereocenters. The maximum atomic E-state index is 13.0. The molecule has 0 aliphatic heterocycles. The first-order valence-electron chi connectivity index (χ1n) is 10.6. The van der Waals surface area contributed by atoms with Crippen molar-refractivity contribution in [1.29, 1.82) is 0 Å². The van der Waals surface area contributed by atoms with Crippen molar-refractivity contribution in [2.45, 2.75) is 13.0 Å². The van der Waals surface area contributed by atoms with Gasteiger partial charge in [-0.15, -0.1) is 10.2 Å². The fourth-order valence-electron chi connectivity index (χ4n) is 3.45. The first kappa shape index (κ1) is 24.9. The minimum Gasteiger partial charge on any atom is -0.494 e. The summed E-state index contributed by atoms with van der Waals surface area (Å²) in [7, 11) is 0.247. The average Bonchev–Trinajstić information content (AvgIpc) is 3.49. The van der Waals surface area contributed by atoms with Crippen LogP contribution >= 0.6 is 0 Å². The maximum Gasteiger partial charge on any atom is 0.243 e. The Morgan fingerprint density at radius 3 is 2.36 bits per heavy atom. The number of nitrogens with zero attached hydrogens (tertiary/aromatic N) is 5. The number of methoxy groups -OCH3 is 3. The van der Waals surface area contributed by atoms with E-state index >= 15 is 0 Å². The summed E-state index contributed by atoms with van der Waals surface area (Å²) in [6.45, 7) is 1.63. The van der Waals surface area contributed by atoms with Crippen LogP contribution in [0.2, 0.25) is 0 Å². The van der Waals surface area contributed by atoms with Crippen molar-refractivity contribution in [2.75, 3.05) is 31.8 Å². The van der Waals surface area contributed by atoms with E-state index in [1.165, 1.54) is 32.0 Å². The normalized spacial score (nSPS) is 12.2. The number of aryl methyl sites for hydroxylation is 1. The number of ether oxygens (including phenoxy) is 3. The minimum absolute atomic E-state index is 0.0898. The van der Waals surface area contributed by atoms with E-state index < -0.39 is 21.9 Å². The van der Waals surface area contributed by atoms with Gasteiger partial charge in [-0.25, -0.2) is 13.4 Å². The molecule has 3 aromatic heterocycles. The summed E-state index contributed by atoms with van der Waals surface area (Å²) in [6.07, 6.45) is -1.43. The highest BCUT2D eigenvalue weighted by Crippen LogP contribution is 2.37. The summed E-state index contributed by atoms with van der Waals surface area (Å²) in [6, 6.07) is 11.6. The molecule has 1 aromatic carbocycles. The summed E-state index contributed by atoms with van der Waals surface area (Å²) in [5, 5.41) is 22.3. The number of rotatable bonds is 10. The van der Waals surface area contributed by atoms with Gasteiger partial charge in [0.2, 0.25) is 21.9 Å². The van der Waals surface area contributed by atoms with Gasteiger partial charge in [0.25, 0.3) is 0 Å². The van der Waals surface area contributed by atoms with Crippen LogP contribution in [0.5, 0.6) is 17.4 Å². The Morgan fingerprint density at radius 1 is 1.06 bits per heavy atom. The first-order valence-corrected chi connectivity index (χ1v) is 12.2. The number of anilines is 1. The lowest BCUT2D eigenvalue weighted by Crippen LogP contribution is -2.23. The molecule has 190 valence electrons. The van der Waals surface area contributed by atoms with Crippen LogP contribution in [0.15, 0.2) is 47.0 Å². The van der Waals surface area contributed by atoms with E-state index in [1.54, 1.807) is 43.3 Å². The predicted molar refractivity (Wildman–Crippen MR) is 128 cm³/mol. The minimum atomic E-state index is -4.16. The molecule has 0 aliphatic carbocycles. The third kappa shape index (κ3) is 5.08. The zero-order valence-corrected chi connectivity index (χ0v) is 20.7. The van der Waals surface area contributed by atoms with Crippen LogP contribution < -0.4 is 18.9 Å². The first-order chi connectivity index (χ1) is 17.3. The van der Waals surface area contributed by atoms with E-state index in [0.29, 0.717) is 34.5 Å². The van der Waals surface area contributed by atoms with Crippen molar-refractivity contribution in [3.63, 3.8) is 0 Å². The molecule has 3 heterocycles. The third-order valence-corrected chi connectivity index (χ3v) is 6.31. The molecular formula is C22H24N6O7S. The lowest BCUT2D eigenvalue weighted by Gasteiger charge is -2.18. The molecule has 14 heteroatoms. The van der Waals surface area contributed by atoms with Crippen LogP contribution in [-0.2, 0) is 10.0 Å². The Hall–Kier alpha value is -4.17. The molecule has 0 radical (unpaired) electrons. The van der Waals surface area contributed by atoms with Crippen LogP contribution in [0, 0.1) is 6.92 Å². The highest BCUT2D eigenvalue weighted by molar-refractivity contribution is 7.92. The molecule has 36 heavy (non-hydrogen) atoms. The standard InChI is InChI=1S/C22H24N6O7S/c1-13-11-15(26-35-13)16(29)12-36(30,31)27-22-25-24-21(14-7-5-10-19(23-14)34-4)28(22)20-17(32-2)8-6-9-18(20)33-3/h5-11,16,29H,12H2,1-4H3,(H,25,27). The molecular weight excluding hydrogens is 492 g/mol. The predicted octanol–water partition coefficient (Wildman–Crippen LogP) is 2.13. The van der Waals surface area contributed by atoms with Crippen molar-refractivity contribution >= 4 is 16.0 Å². The highest BCUT2D eigenvalue weighted by atomic mass is 32.2. The third-order valence-electron chi connectivity index (χ3n) is 5.06. The molecule has 4 aromatic rings. The number of sulfonamides is 1. The zero-order chi connectivity index (χ0) is 25.9. The number of aliphatic hydroxyl groups excluding tert-OH is 1. The van der Waals surface area contributed by atoms with Crippen LogP contribution in [-0.4, -0.2) is 65.5 Å². The van der Waals surface area contributed by atoms with E-state index in [4.69, 9.17) is 18.7 Å². The molecule has 4 rings (SSSR count). The molecule has 0 bridgehead atoms. The Kier molecular flexibility index (Phi) is 7.07. The van der Waals surface area contributed by atoms with Crippen LogP contribution in [0.3, 0.4) is 0 Å². The van der Waals surface area contributed by atoms with Gasteiger partial charge in [0, 0.05) is 12.1 Å². The molecule has 0 aliphatic rings. The smallest absolute Gasteiger partial charge is 0.243 e. The van der Waals surface area contributed by atoms with Crippen molar-refractivity contribution in [2.24, 2.45) is 0 Å². The number of para-hydroxylation sites is 1. The molecule has 0 spiro atoms. The number of hydrogen-bond donors (Lipinski definition) is 2. The fraction of sp³-hybridized carbons (Fsp3) is 0.273. The lowest BCUT2D eigenvalue weighted by atomic mass is 10.2. The second-order valence-electron chi connectivity index (χ2n) is 7.52. The van der Waals surface area contributed by atoms with Gasteiger partial charge < -0.3 is 23.8 Å². The quantitative estimate of drug-likeness (QED) is 0.317. The second kappa shape index (κ2) is 10.2. The number of nitrogens with one attached hydrogen (secondary N) is 1. The summed E-state index contributed by atoms with van der Waals surface area (Å²) in [5.41, 5.74) is 0.767.